The summed E-state index contributed by atoms with van der Waals surface area (Å²) in [5.41, 5.74) is 5.64. The molecule has 14 nitrogen and oxygen atoms in total. The predicted octanol–water partition coefficient (Wildman–Crippen LogP) is 7.29. The van der Waals surface area contributed by atoms with Crippen LogP contribution in [0.1, 0.15) is 11.1 Å². The Kier molecular flexibility index (Phi) is 14.0. The standard InChI is InChI=1S/2C22H25N3O4S2/c1-16-4-7-18(8-5-16)31(26,27)25-12-10-24(11-13-25)22-23-19(15-30-22)17-6-9-20(28-2)21(14-17)29-3;1-16-4-6-20(7-5-16)31(26,27)25-10-8-24(9-11-25)22-23-21(15-30-22)17-12-18(28-2)14-19(13-17)29-3/h4-9,14-15H,10-13H2,1-3H3;4-7,12-15H,8-11H2,1-3H3. The molecule has 4 heterocycles. The lowest BCUT2D eigenvalue weighted by molar-refractivity contribution is 0.355. The molecule has 2 fully saturated rings. The van der Waals surface area contributed by atoms with Gasteiger partial charge >= 0.3 is 0 Å². The molecular weight excluding hydrogens is 869 g/mol. The highest BCUT2D eigenvalue weighted by Gasteiger charge is 2.31. The average Bonchev–Trinajstić information content (AvgIpc) is 4.01. The van der Waals surface area contributed by atoms with Gasteiger partial charge in [-0.2, -0.15) is 8.61 Å². The first-order valence-corrected chi connectivity index (χ1v) is 24.5. The SMILES string of the molecule is COc1cc(OC)cc(-c2csc(N3CCN(S(=O)(=O)c4ccc(C)cc4)CC3)n2)c1.COc1ccc(-c2csc(N3CCN(S(=O)(=O)c4ccc(C)cc4)CC3)n2)cc1OC. The van der Waals surface area contributed by atoms with Crippen molar-refractivity contribution in [3.05, 3.63) is 107 Å². The maximum absolute atomic E-state index is 12.9. The molecule has 0 spiro atoms. The van der Waals surface area contributed by atoms with Gasteiger partial charge in [0.05, 0.1) is 49.6 Å². The molecule has 2 aliphatic heterocycles. The Morgan fingerprint density at radius 3 is 1.31 bits per heavy atom. The lowest BCUT2D eigenvalue weighted by Gasteiger charge is -2.33. The molecule has 0 aliphatic carbocycles. The highest BCUT2D eigenvalue weighted by Crippen LogP contribution is 2.36. The first kappa shape index (κ1) is 44.8. The van der Waals surface area contributed by atoms with Crippen molar-refractivity contribution in [1.29, 1.82) is 0 Å². The molecule has 0 saturated carbocycles. The van der Waals surface area contributed by atoms with Crippen LogP contribution in [-0.2, 0) is 20.0 Å². The van der Waals surface area contributed by atoms with E-state index in [0.717, 1.165) is 43.9 Å². The van der Waals surface area contributed by atoms with E-state index in [0.29, 0.717) is 85.1 Å². The number of ether oxygens (including phenoxy) is 4. The van der Waals surface area contributed by atoms with Gasteiger partial charge in [-0.15, -0.1) is 22.7 Å². The fourth-order valence-electron chi connectivity index (χ4n) is 6.99. The normalized spacial score (nSPS) is 15.1. The smallest absolute Gasteiger partial charge is 0.243 e. The number of aryl methyl sites for hydroxylation is 2. The molecule has 2 aromatic heterocycles. The van der Waals surface area contributed by atoms with Crippen molar-refractivity contribution in [3.8, 4) is 45.5 Å². The fraction of sp³-hybridized carbons (Fsp3) is 0.318. The molecule has 2 saturated heterocycles. The van der Waals surface area contributed by atoms with Crippen LogP contribution >= 0.6 is 22.7 Å². The minimum Gasteiger partial charge on any atom is -0.497 e. The maximum Gasteiger partial charge on any atom is 0.243 e. The second-order valence-corrected chi connectivity index (χ2v) is 20.2. The Morgan fingerprint density at radius 1 is 0.484 bits per heavy atom. The van der Waals surface area contributed by atoms with Crippen LogP contribution in [0.2, 0.25) is 0 Å². The monoisotopic (exact) mass is 918 g/mol. The Balaban J connectivity index is 0.000000186. The summed E-state index contributed by atoms with van der Waals surface area (Å²) in [4.78, 5) is 14.5. The number of hydrogen-bond acceptors (Lipinski definition) is 14. The number of hydrogen-bond donors (Lipinski definition) is 0. The lowest BCUT2D eigenvalue weighted by atomic mass is 10.1. The highest BCUT2D eigenvalue weighted by molar-refractivity contribution is 7.89. The van der Waals surface area contributed by atoms with E-state index in [4.69, 9.17) is 28.9 Å². The van der Waals surface area contributed by atoms with Gasteiger partial charge in [-0.3, -0.25) is 0 Å². The molecule has 18 heteroatoms. The van der Waals surface area contributed by atoms with Crippen LogP contribution in [-0.4, -0.2) is 116 Å². The molecule has 0 radical (unpaired) electrons. The van der Waals surface area contributed by atoms with E-state index < -0.39 is 20.0 Å². The van der Waals surface area contributed by atoms with Crippen molar-refractivity contribution in [1.82, 2.24) is 18.6 Å². The van der Waals surface area contributed by atoms with Gasteiger partial charge in [0.15, 0.2) is 21.8 Å². The average molecular weight is 919 g/mol. The third kappa shape index (κ3) is 10.0. The number of piperazine rings is 2. The first-order valence-electron chi connectivity index (χ1n) is 19.8. The zero-order valence-electron chi connectivity index (χ0n) is 35.5. The summed E-state index contributed by atoms with van der Waals surface area (Å²) in [7, 11) is -0.490. The van der Waals surface area contributed by atoms with Crippen LogP contribution in [0.15, 0.2) is 105 Å². The second kappa shape index (κ2) is 19.4. The molecule has 6 aromatic rings. The molecule has 328 valence electrons. The number of rotatable bonds is 12. The predicted molar refractivity (Wildman–Crippen MR) is 246 cm³/mol. The Labute approximate surface area is 372 Å². The van der Waals surface area contributed by atoms with E-state index in [2.05, 4.69) is 9.80 Å². The van der Waals surface area contributed by atoms with Gasteiger partial charge in [0, 0.05) is 80.3 Å². The number of thiazole rings is 2. The van der Waals surface area contributed by atoms with E-state index >= 15 is 0 Å². The molecule has 2 aliphatic rings. The summed E-state index contributed by atoms with van der Waals surface area (Å²) < 4.78 is 76.2. The van der Waals surface area contributed by atoms with Crippen molar-refractivity contribution in [2.75, 3.05) is 90.6 Å². The van der Waals surface area contributed by atoms with Gasteiger partial charge in [-0.05, 0) is 68.4 Å². The largest absolute Gasteiger partial charge is 0.497 e. The number of benzene rings is 4. The van der Waals surface area contributed by atoms with E-state index in [-0.39, 0.29) is 0 Å². The lowest BCUT2D eigenvalue weighted by Crippen LogP contribution is -2.48. The Hall–Kier alpha value is -5.24. The van der Waals surface area contributed by atoms with E-state index in [1.807, 2.05) is 85.3 Å². The summed E-state index contributed by atoms with van der Waals surface area (Å²) in [6.45, 7) is 8.00. The van der Waals surface area contributed by atoms with Crippen molar-refractivity contribution in [2.45, 2.75) is 23.6 Å². The molecule has 0 atom stereocenters. The molecule has 0 amide bonds. The van der Waals surface area contributed by atoms with Gasteiger partial charge in [0.2, 0.25) is 20.0 Å². The molecular formula is C44H50N6O8S4. The van der Waals surface area contributed by atoms with Gasteiger partial charge in [0.1, 0.15) is 11.5 Å². The van der Waals surface area contributed by atoms with Crippen LogP contribution in [0, 0.1) is 13.8 Å². The van der Waals surface area contributed by atoms with Gasteiger partial charge in [0.25, 0.3) is 0 Å². The van der Waals surface area contributed by atoms with Gasteiger partial charge < -0.3 is 28.7 Å². The Morgan fingerprint density at radius 2 is 0.903 bits per heavy atom. The Bertz CT molecular complexity index is 2650. The summed E-state index contributed by atoms with van der Waals surface area (Å²) >= 11 is 3.11. The van der Waals surface area contributed by atoms with E-state index in [9.17, 15) is 16.8 Å². The molecule has 8 rings (SSSR count). The maximum atomic E-state index is 12.9. The first-order chi connectivity index (χ1) is 29.8. The molecule has 0 bridgehead atoms. The zero-order valence-corrected chi connectivity index (χ0v) is 38.7. The minimum absolute atomic E-state index is 0.343. The van der Waals surface area contributed by atoms with Crippen LogP contribution in [0.3, 0.4) is 0 Å². The molecule has 0 unspecified atom stereocenters. The summed E-state index contributed by atoms with van der Waals surface area (Å²) in [5.74, 6) is 2.75. The van der Waals surface area contributed by atoms with Crippen LogP contribution in [0.25, 0.3) is 22.5 Å². The summed E-state index contributed by atoms with van der Waals surface area (Å²) in [6.07, 6.45) is 0. The quantitative estimate of drug-likeness (QED) is 0.122. The fourth-order valence-corrected chi connectivity index (χ4v) is 11.6. The molecule has 4 aromatic carbocycles. The third-order valence-electron chi connectivity index (χ3n) is 10.6. The summed E-state index contributed by atoms with van der Waals surface area (Å²) in [5, 5.41) is 5.77. The van der Waals surface area contributed by atoms with Gasteiger partial charge in [-0.1, -0.05) is 35.4 Å². The van der Waals surface area contributed by atoms with E-state index in [1.165, 1.54) is 0 Å². The van der Waals surface area contributed by atoms with Crippen molar-refractivity contribution in [2.24, 2.45) is 0 Å². The second-order valence-electron chi connectivity index (χ2n) is 14.6. The van der Waals surface area contributed by atoms with Crippen molar-refractivity contribution >= 4 is 53.0 Å². The molecule has 0 N–H and O–H groups in total. The summed E-state index contributed by atoms with van der Waals surface area (Å²) in [6, 6.07) is 25.4. The van der Waals surface area contributed by atoms with Crippen molar-refractivity contribution in [3.63, 3.8) is 0 Å². The molecule has 62 heavy (non-hydrogen) atoms. The van der Waals surface area contributed by atoms with Gasteiger partial charge in [-0.25, -0.2) is 26.8 Å². The number of methoxy groups -OCH3 is 4. The van der Waals surface area contributed by atoms with Crippen LogP contribution in [0.5, 0.6) is 23.0 Å². The van der Waals surface area contributed by atoms with Crippen LogP contribution < -0.4 is 28.7 Å². The third-order valence-corrected chi connectivity index (χ3v) is 16.3. The number of aromatic nitrogens is 2. The number of sulfonamides is 2. The van der Waals surface area contributed by atoms with E-state index in [1.54, 1.807) is 84.0 Å². The minimum atomic E-state index is -3.48. The van der Waals surface area contributed by atoms with Crippen molar-refractivity contribution < 1.29 is 35.8 Å². The highest BCUT2D eigenvalue weighted by atomic mass is 32.2. The topological polar surface area (TPSA) is 144 Å². The number of anilines is 2. The van der Waals surface area contributed by atoms with Crippen LogP contribution in [0.4, 0.5) is 10.3 Å². The number of nitrogens with zero attached hydrogens (tertiary/aromatic N) is 6. The zero-order chi connectivity index (χ0) is 44.0.